The summed E-state index contributed by atoms with van der Waals surface area (Å²) in [6.07, 6.45) is 0.504. The maximum Gasteiger partial charge on any atom is 0.140 e. The summed E-state index contributed by atoms with van der Waals surface area (Å²) >= 11 is 0. The number of anilines is 1. The van der Waals surface area contributed by atoms with E-state index in [0.29, 0.717) is 18.9 Å². The van der Waals surface area contributed by atoms with Crippen molar-refractivity contribution in [1.29, 1.82) is 0 Å². The van der Waals surface area contributed by atoms with Crippen molar-refractivity contribution >= 4 is 11.7 Å². The minimum absolute atomic E-state index is 0.230. The van der Waals surface area contributed by atoms with Crippen LogP contribution in [0.15, 0.2) is 11.2 Å². The Balaban J connectivity index is 2.91. The zero-order chi connectivity index (χ0) is 14.4. The van der Waals surface area contributed by atoms with Gasteiger partial charge in [0.2, 0.25) is 0 Å². The van der Waals surface area contributed by atoms with Crippen molar-refractivity contribution in [1.82, 2.24) is 9.97 Å². The minimum atomic E-state index is 0.230. The zero-order valence-corrected chi connectivity index (χ0v) is 12.1. The highest BCUT2D eigenvalue weighted by molar-refractivity contribution is 5.80. The molecule has 0 saturated heterocycles. The molecule has 0 bridgehead atoms. The molecule has 0 amide bonds. The van der Waals surface area contributed by atoms with E-state index < -0.39 is 0 Å². The summed E-state index contributed by atoms with van der Waals surface area (Å²) in [5.74, 6) is 2.26. The highest BCUT2D eigenvalue weighted by atomic mass is 16.4. The lowest BCUT2D eigenvalue weighted by molar-refractivity contribution is 0.317. The first-order chi connectivity index (χ1) is 8.97. The van der Waals surface area contributed by atoms with Gasteiger partial charge in [-0.15, -0.1) is 0 Å². The number of amidine groups is 1. The SMILES string of the molecule is CCN(CC/C(N)=N/O)c1cc(C)nc(C(C)C)n1. The maximum atomic E-state index is 8.57. The summed E-state index contributed by atoms with van der Waals surface area (Å²) in [5.41, 5.74) is 6.46. The van der Waals surface area contributed by atoms with E-state index in [1.54, 1.807) is 0 Å². The molecule has 0 aromatic carbocycles. The molecule has 6 nitrogen and oxygen atoms in total. The first-order valence-electron chi connectivity index (χ1n) is 6.54. The fraction of sp³-hybridized carbons (Fsp3) is 0.615. The van der Waals surface area contributed by atoms with E-state index in [9.17, 15) is 0 Å². The lowest BCUT2D eigenvalue weighted by atomic mass is 10.2. The number of aromatic nitrogens is 2. The largest absolute Gasteiger partial charge is 0.409 e. The number of nitrogens with two attached hydrogens (primary N) is 1. The van der Waals surface area contributed by atoms with Crippen molar-refractivity contribution in [2.75, 3.05) is 18.0 Å². The molecule has 0 aliphatic rings. The van der Waals surface area contributed by atoms with Gasteiger partial charge in [-0.25, -0.2) is 9.97 Å². The second-order valence-electron chi connectivity index (χ2n) is 4.80. The topological polar surface area (TPSA) is 87.6 Å². The molecular weight excluding hydrogens is 242 g/mol. The molecule has 0 atom stereocenters. The molecule has 0 aliphatic heterocycles. The molecule has 0 saturated carbocycles. The van der Waals surface area contributed by atoms with Crippen LogP contribution in [0.4, 0.5) is 5.82 Å². The summed E-state index contributed by atoms with van der Waals surface area (Å²) in [4.78, 5) is 11.1. The highest BCUT2D eigenvalue weighted by Crippen LogP contribution is 2.17. The van der Waals surface area contributed by atoms with E-state index >= 15 is 0 Å². The number of rotatable bonds is 6. The molecular formula is C13H23N5O. The molecule has 0 unspecified atom stereocenters. The van der Waals surface area contributed by atoms with E-state index in [4.69, 9.17) is 10.9 Å². The second kappa shape index (κ2) is 6.92. The van der Waals surface area contributed by atoms with Crippen LogP contribution in [0.2, 0.25) is 0 Å². The van der Waals surface area contributed by atoms with E-state index in [-0.39, 0.29) is 5.84 Å². The van der Waals surface area contributed by atoms with E-state index in [1.807, 2.05) is 13.0 Å². The normalized spacial score (nSPS) is 11.9. The number of hydrogen-bond donors (Lipinski definition) is 2. The van der Waals surface area contributed by atoms with Gasteiger partial charge in [-0.1, -0.05) is 19.0 Å². The minimum Gasteiger partial charge on any atom is -0.409 e. The molecule has 0 fully saturated rings. The van der Waals surface area contributed by atoms with Gasteiger partial charge in [-0.05, 0) is 13.8 Å². The molecule has 1 aromatic rings. The Labute approximate surface area is 114 Å². The van der Waals surface area contributed by atoms with Crippen LogP contribution in [0.25, 0.3) is 0 Å². The van der Waals surface area contributed by atoms with Crippen LogP contribution >= 0.6 is 0 Å². The highest BCUT2D eigenvalue weighted by Gasteiger charge is 2.11. The molecule has 0 spiro atoms. The van der Waals surface area contributed by atoms with Gasteiger partial charge in [0, 0.05) is 37.2 Å². The lowest BCUT2D eigenvalue weighted by Gasteiger charge is -2.22. The fourth-order valence-electron chi connectivity index (χ4n) is 1.73. The van der Waals surface area contributed by atoms with Gasteiger partial charge in [0.25, 0.3) is 0 Å². The Morgan fingerprint density at radius 2 is 2.16 bits per heavy atom. The van der Waals surface area contributed by atoms with Crippen LogP contribution in [0.1, 0.15) is 44.6 Å². The molecule has 19 heavy (non-hydrogen) atoms. The summed E-state index contributed by atoms with van der Waals surface area (Å²) < 4.78 is 0. The standard InChI is InChI=1S/C13H23N5O/c1-5-18(7-6-11(14)17-19)12-8-10(4)15-13(16-12)9(2)3/h8-9,19H,5-7H2,1-4H3,(H2,14,17). The summed E-state index contributed by atoms with van der Waals surface area (Å²) in [5, 5.41) is 11.6. The molecule has 0 radical (unpaired) electrons. The number of aryl methyl sites for hydroxylation is 1. The van der Waals surface area contributed by atoms with Crippen molar-refractivity contribution in [2.24, 2.45) is 10.9 Å². The van der Waals surface area contributed by atoms with Crippen molar-refractivity contribution in [2.45, 2.75) is 40.0 Å². The Morgan fingerprint density at radius 3 is 2.68 bits per heavy atom. The van der Waals surface area contributed by atoms with Gasteiger partial charge in [-0.3, -0.25) is 0 Å². The Kier molecular flexibility index (Phi) is 5.54. The van der Waals surface area contributed by atoms with E-state index in [0.717, 1.165) is 23.9 Å². The Morgan fingerprint density at radius 1 is 1.47 bits per heavy atom. The maximum absolute atomic E-state index is 8.57. The van der Waals surface area contributed by atoms with Crippen LogP contribution in [0.3, 0.4) is 0 Å². The number of oxime groups is 1. The lowest BCUT2D eigenvalue weighted by Crippen LogP contribution is -2.29. The van der Waals surface area contributed by atoms with Gasteiger partial charge < -0.3 is 15.8 Å². The van der Waals surface area contributed by atoms with Crippen molar-refractivity contribution in [3.05, 3.63) is 17.6 Å². The molecule has 3 N–H and O–H groups in total. The van der Waals surface area contributed by atoms with Gasteiger partial charge in [-0.2, -0.15) is 0 Å². The predicted molar refractivity (Wildman–Crippen MR) is 76.8 cm³/mol. The third-order valence-corrected chi connectivity index (χ3v) is 2.85. The molecule has 0 aliphatic carbocycles. The molecule has 106 valence electrons. The van der Waals surface area contributed by atoms with Crippen LogP contribution in [-0.4, -0.2) is 34.1 Å². The van der Waals surface area contributed by atoms with Gasteiger partial charge >= 0.3 is 0 Å². The van der Waals surface area contributed by atoms with Crippen molar-refractivity contribution in [3.63, 3.8) is 0 Å². The first kappa shape index (κ1) is 15.2. The number of nitrogens with zero attached hydrogens (tertiary/aromatic N) is 4. The van der Waals surface area contributed by atoms with Crippen LogP contribution in [0, 0.1) is 6.92 Å². The molecule has 1 rings (SSSR count). The van der Waals surface area contributed by atoms with Crippen LogP contribution in [-0.2, 0) is 0 Å². The summed E-state index contributed by atoms with van der Waals surface area (Å²) in [6, 6.07) is 1.96. The third kappa shape index (κ3) is 4.39. The summed E-state index contributed by atoms with van der Waals surface area (Å²) in [6.45, 7) is 9.65. The third-order valence-electron chi connectivity index (χ3n) is 2.85. The van der Waals surface area contributed by atoms with E-state index in [2.05, 4.69) is 40.8 Å². The smallest absolute Gasteiger partial charge is 0.140 e. The molecule has 6 heteroatoms. The molecule has 1 heterocycles. The van der Waals surface area contributed by atoms with Gasteiger partial charge in [0.15, 0.2) is 0 Å². The second-order valence-corrected chi connectivity index (χ2v) is 4.80. The quantitative estimate of drug-likeness (QED) is 0.355. The summed E-state index contributed by atoms with van der Waals surface area (Å²) in [7, 11) is 0. The zero-order valence-electron chi connectivity index (χ0n) is 12.1. The van der Waals surface area contributed by atoms with Gasteiger partial charge in [0.1, 0.15) is 17.5 Å². The fourth-order valence-corrected chi connectivity index (χ4v) is 1.73. The average molecular weight is 265 g/mol. The predicted octanol–water partition coefficient (Wildman–Crippen LogP) is 1.87. The Bertz CT molecular complexity index is 445. The first-order valence-corrected chi connectivity index (χ1v) is 6.54. The van der Waals surface area contributed by atoms with E-state index in [1.165, 1.54) is 0 Å². The van der Waals surface area contributed by atoms with Crippen molar-refractivity contribution < 1.29 is 5.21 Å². The average Bonchev–Trinajstić information content (AvgIpc) is 2.38. The molecule has 1 aromatic heterocycles. The monoisotopic (exact) mass is 265 g/mol. The number of hydrogen-bond acceptors (Lipinski definition) is 5. The van der Waals surface area contributed by atoms with Crippen LogP contribution < -0.4 is 10.6 Å². The van der Waals surface area contributed by atoms with Crippen molar-refractivity contribution in [3.8, 4) is 0 Å². The van der Waals surface area contributed by atoms with Gasteiger partial charge in [0.05, 0.1) is 0 Å². The Hall–Kier alpha value is -1.85. The van der Waals surface area contributed by atoms with Crippen LogP contribution in [0.5, 0.6) is 0 Å².